The van der Waals surface area contributed by atoms with Crippen molar-refractivity contribution in [1.29, 1.82) is 0 Å². The second kappa shape index (κ2) is 14.2. The molecule has 0 bridgehead atoms. The van der Waals surface area contributed by atoms with Crippen LogP contribution in [0.1, 0.15) is 103 Å². The summed E-state index contributed by atoms with van der Waals surface area (Å²) in [6.07, 6.45) is 4.27. The fraction of sp³-hybridized carbons (Fsp3) is 0.655. The summed E-state index contributed by atoms with van der Waals surface area (Å²) in [6.45, 7) is 10.5. The van der Waals surface area contributed by atoms with Crippen molar-refractivity contribution in [2.75, 3.05) is 0 Å². The van der Waals surface area contributed by atoms with Crippen molar-refractivity contribution in [3.8, 4) is 5.75 Å². The van der Waals surface area contributed by atoms with Gasteiger partial charge in [-0.1, -0.05) is 44.4 Å². The van der Waals surface area contributed by atoms with Crippen molar-refractivity contribution in [2.24, 2.45) is 5.73 Å². The third-order valence-electron chi connectivity index (χ3n) is 7.03. The van der Waals surface area contributed by atoms with Gasteiger partial charge in [0.25, 0.3) is 0 Å². The molecule has 4 amide bonds. The number of alkyl carbamates (subject to hydrolysis) is 1. The number of amides is 4. The number of ether oxygens (including phenoxy) is 1. The molecule has 1 fully saturated rings. The number of aryl methyl sites for hydroxylation is 1. The van der Waals surface area contributed by atoms with Crippen LogP contribution >= 0.6 is 0 Å². The second-order valence-electron chi connectivity index (χ2n) is 11.5. The van der Waals surface area contributed by atoms with E-state index in [4.69, 9.17) is 10.5 Å². The van der Waals surface area contributed by atoms with Crippen molar-refractivity contribution in [1.82, 2.24) is 15.5 Å². The van der Waals surface area contributed by atoms with Gasteiger partial charge in [0, 0.05) is 24.1 Å². The Balaban J connectivity index is 2.55. The lowest BCUT2D eigenvalue weighted by molar-refractivity contribution is -0.145. The number of hydrogen-bond acceptors (Lipinski definition) is 6. The van der Waals surface area contributed by atoms with Crippen LogP contribution in [0.3, 0.4) is 0 Å². The van der Waals surface area contributed by atoms with Crippen LogP contribution in [0.5, 0.6) is 5.75 Å². The van der Waals surface area contributed by atoms with E-state index in [9.17, 15) is 24.3 Å². The quantitative estimate of drug-likeness (QED) is 0.330. The molecule has 3 atom stereocenters. The van der Waals surface area contributed by atoms with Crippen LogP contribution in [0.2, 0.25) is 0 Å². The molecule has 1 aliphatic carbocycles. The molecule has 0 radical (unpaired) electrons. The summed E-state index contributed by atoms with van der Waals surface area (Å²) in [7, 11) is 0. The topological polar surface area (TPSA) is 151 Å². The van der Waals surface area contributed by atoms with Crippen molar-refractivity contribution in [3.63, 3.8) is 0 Å². The van der Waals surface area contributed by atoms with Gasteiger partial charge in [0.1, 0.15) is 23.4 Å². The number of carbonyl (C=O) groups excluding carboxylic acids is 4. The first-order valence-corrected chi connectivity index (χ1v) is 13.9. The van der Waals surface area contributed by atoms with Gasteiger partial charge in [-0.15, -0.1) is 0 Å². The Bertz CT molecular complexity index is 1020. The molecule has 218 valence electrons. The van der Waals surface area contributed by atoms with Gasteiger partial charge in [-0.25, -0.2) is 4.79 Å². The van der Waals surface area contributed by atoms with E-state index in [-0.39, 0.29) is 24.6 Å². The number of rotatable bonds is 11. The third-order valence-corrected chi connectivity index (χ3v) is 7.03. The maximum absolute atomic E-state index is 14.2. The molecule has 2 rings (SSSR count). The Morgan fingerprint density at radius 3 is 2.36 bits per heavy atom. The predicted octanol–water partition coefficient (Wildman–Crippen LogP) is 3.98. The molecular weight excluding hydrogens is 500 g/mol. The first kappa shape index (κ1) is 31.9. The number of hydrogen-bond donors (Lipinski definition) is 4. The van der Waals surface area contributed by atoms with Gasteiger partial charge in [0.2, 0.25) is 17.7 Å². The Morgan fingerprint density at radius 1 is 1.15 bits per heavy atom. The highest BCUT2D eigenvalue weighted by molar-refractivity contribution is 5.93. The minimum atomic E-state index is -1.18. The van der Waals surface area contributed by atoms with Crippen LogP contribution < -0.4 is 16.4 Å². The zero-order valence-electron chi connectivity index (χ0n) is 24.2. The Kier molecular flexibility index (Phi) is 11.6. The highest BCUT2D eigenvalue weighted by atomic mass is 16.6. The van der Waals surface area contributed by atoms with E-state index in [0.29, 0.717) is 17.5 Å². The largest absolute Gasteiger partial charge is 0.507 e. The number of benzene rings is 1. The van der Waals surface area contributed by atoms with Crippen molar-refractivity contribution in [2.45, 2.75) is 123 Å². The zero-order valence-corrected chi connectivity index (χ0v) is 24.2. The van der Waals surface area contributed by atoms with Crippen LogP contribution in [-0.4, -0.2) is 57.5 Å². The van der Waals surface area contributed by atoms with Gasteiger partial charge < -0.3 is 31.1 Å². The predicted molar refractivity (Wildman–Crippen MR) is 149 cm³/mol. The summed E-state index contributed by atoms with van der Waals surface area (Å²) in [5.74, 6) is -1.67. The lowest BCUT2D eigenvalue weighted by Gasteiger charge is -2.39. The van der Waals surface area contributed by atoms with Gasteiger partial charge in [0.05, 0.1) is 0 Å². The van der Waals surface area contributed by atoms with Gasteiger partial charge in [0.15, 0.2) is 0 Å². The van der Waals surface area contributed by atoms with E-state index in [1.54, 1.807) is 45.9 Å². The van der Waals surface area contributed by atoms with Crippen LogP contribution in [0.4, 0.5) is 4.79 Å². The maximum Gasteiger partial charge on any atom is 0.408 e. The summed E-state index contributed by atoms with van der Waals surface area (Å²) < 4.78 is 5.36. The van der Waals surface area contributed by atoms with Crippen molar-refractivity contribution < 1.29 is 29.0 Å². The molecule has 1 saturated carbocycles. The Hall–Kier alpha value is -3.30. The number of nitrogens with two attached hydrogens (primary N) is 1. The van der Waals surface area contributed by atoms with Crippen molar-refractivity contribution >= 4 is 23.8 Å². The molecule has 0 heterocycles. The number of carbonyl (C=O) groups is 4. The zero-order chi connectivity index (χ0) is 29.3. The fourth-order valence-electron chi connectivity index (χ4n) is 4.82. The summed E-state index contributed by atoms with van der Waals surface area (Å²) in [4.78, 5) is 53.9. The molecule has 0 aliphatic heterocycles. The van der Waals surface area contributed by atoms with E-state index < -0.39 is 47.5 Å². The maximum atomic E-state index is 14.2. The molecule has 5 N–H and O–H groups in total. The number of primary amides is 1. The minimum absolute atomic E-state index is 0.0277. The van der Waals surface area contributed by atoms with E-state index in [1.165, 1.54) is 4.90 Å². The average molecular weight is 547 g/mol. The highest BCUT2D eigenvalue weighted by Crippen LogP contribution is 2.34. The monoisotopic (exact) mass is 546 g/mol. The SMILES string of the molecule is CCC(C)N(C(=O)C(CCC(N)=O)NC(=O)OC(C)(C)C)C(C(=O)NC1CCCCC1)c1cccc(C)c1O. The molecule has 0 aromatic heterocycles. The smallest absolute Gasteiger partial charge is 0.408 e. The van der Waals surface area contributed by atoms with Crippen LogP contribution in [0.15, 0.2) is 18.2 Å². The normalized spacial score (nSPS) is 16.5. The number of aromatic hydroxyl groups is 1. The number of nitrogens with zero attached hydrogens (tertiary/aromatic N) is 1. The molecule has 39 heavy (non-hydrogen) atoms. The molecule has 3 unspecified atom stereocenters. The Morgan fingerprint density at radius 2 is 1.79 bits per heavy atom. The summed E-state index contributed by atoms with van der Waals surface area (Å²) in [6, 6.07) is 2.27. The molecule has 1 aliphatic rings. The first-order valence-electron chi connectivity index (χ1n) is 13.9. The summed E-state index contributed by atoms with van der Waals surface area (Å²) >= 11 is 0. The average Bonchev–Trinajstić information content (AvgIpc) is 2.85. The van der Waals surface area contributed by atoms with Gasteiger partial charge >= 0.3 is 6.09 Å². The summed E-state index contributed by atoms with van der Waals surface area (Å²) in [5, 5.41) is 16.7. The van der Waals surface area contributed by atoms with E-state index >= 15 is 0 Å². The molecule has 0 spiro atoms. The second-order valence-corrected chi connectivity index (χ2v) is 11.5. The number of nitrogens with one attached hydrogen (secondary N) is 2. The number of para-hydroxylation sites is 1. The molecule has 10 heteroatoms. The van der Waals surface area contributed by atoms with Crippen LogP contribution in [0, 0.1) is 6.92 Å². The van der Waals surface area contributed by atoms with E-state index in [2.05, 4.69) is 10.6 Å². The van der Waals surface area contributed by atoms with Gasteiger partial charge in [-0.3, -0.25) is 14.4 Å². The first-order chi connectivity index (χ1) is 18.2. The molecule has 1 aromatic carbocycles. The number of phenolic OH excluding ortho intramolecular Hbond substituents is 1. The van der Waals surface area contributed by atoms with E-state index in [0.717, 1.165) is 32.1 Å². The lowest BCUT2D eigenvalue weighted by atomic mass is 9.93. The Labute approximate surface area is 232 Å². The van der Waals surface area contributed by atoms with Gasteiger partial charge in [-0.05, 0) is 65.9 Å². The molecule has 1 aromatic rings. The number of phenols is 1. The van der Waals surface area contributed by atoms with Crippen LogP contribution in [0.25, 0.3) is 0 Å². The standard InChI is InChI=1S/C29H46N4O6/c1-7-19(3)33(27(37)22(16-17-23(30)34)32-28(38)39-29(4,5)6)24(21-15-11-12-18(2)25(21)35)26(36)31-20-13-9-8-10-14-20/h11-12,15,19-20,22,24,35H,7-10,13-14,16-17H2,1-6H3,(H2,30,34)(H,31,36)(H,32,38). The van der Waals surface area contributed by atoms with Crippen LogP contribution in [-0.2, 0) is 19.1 Å². The highest BCUT2D eigenvalue weighted by Gasteiger charge is 2.40. The lowest BCUT2D eigenvalue weighted by Crippen LogP contribution is -2.56. The minimum Gasteiger partial charge on any atom is -0.507 e. The third kappa shape index (κ3) is 9.44. The molecular formula is C29H46N4O6. The molecule has 10 nitrogen and oxygen atoms in total. The molecule has 0 saturated heterocycles. The fourth-order valence-corrected chi connectivity index (χ4v) is 4.82. The van der Waals surface area contributed by atoms with Gasteiger partial charge in [-0.2, -0.15) is 0 Å². The van der Waals surface area contributed by atoms with E-state index in [1.807, 2.05) is 13.8 Å². The summed E-state index contributed by atoms with van der Waals surface area (Å²) in [5.41, 5.74) is 5.42. The van der Waals surface area contributed by atoms with Crippen molar-refractivity contribution in [3.05, 3.63) is 29.3 Å².